The van der Waals surface area contributed by atoms with Crippen LogP contribution in [0.25, 0.3) is 11.4 Å². The topological polar surface area (TPSA) is 37.8 Å². The number of benzene rings is 1. The highest BCUT2D eigenvalue weighted by atomic mass is 79.9. The van der Waals surface area contributed by atoms with Gasteiger partial charge < -0.3 is 5.32 Å². The van der Waals surface area contributed by atoms with Crippen LogP contribution < -0.4 is 5.32 Å². The molecule has 0 fully saturated rings. The third-order valence-electron chi connectivity index (χ3n) is 2.88. The van der Waals surface area contributed by atoms with Gasteiger partial charge in [-0.25, -0.2) is 9.97 Å². The molecule has 1 N–H and O–H groups in total. The van der Waals surface area contributed by atoms with Gasteiger partial charge in [0.1, 0.15) is 5.82 Å². The lowest BCUT2D eigenvalue weighted by Crippen LogP contribution is -2.05. The molecule has 2 rings (SSSR count). The summed E-state index contributed by atoms with van der Waals surface area (Å²) in [6, 6.07) is 8.27. The zero-order valence-corrected chi connectivity index (χ0v) is 13.1. The van der Waals surface area contributed by atoms with Gasteiger partial charge in [0, 0.05) is 12.1 Å². The molecular formula is C15H18BrN3. The van der Waals surface area contributed by atoms with Crippen LogP contribution in [0.4, 0.5) is 5.82 Å². The fourth-order valence-electron chi connectivity index (χ4n) is 1.93. The van der Waals surface area contributed by atoms with E-state index in [9.17, 15) is 0 Å². The van der Waals surface area contributed by atoms with Crippen LogP contribution in [0.5, 0.6) is 0 Å². The van der Waals surface area contributed by atoms with Crippen LogP contribution in [0.2, 0.25) is 0 Å². The normalized spacial score (nSPS) is 10.5. The molecule has 0 aliphatic carbocycles. The van der Waals surface area contributed by atoms with Crippen molar-refractivity contribution in [1.82, 2.24) is 9.97 Å². The van der Waals surface area contributed by atoms with E-state index < -0.39 is 0 Å². The second-order valence-corrected chi connectivity index (χ2v) is 5.20. The third kappa shape index (κ3) is 3.13. The minimum Gasteiger partial charge on any atom is -0.369 e. The van der Waals surface area contributed by atoms with Gasteiger partial charge in [-0.3, -0.25) is 0 Å². The molecule has 2 aromatic rings. The molecule has 0 aliphatic heterocycles. The monoisotopic (exact) mass is 319 g/mol. The molecule has 1 heterocycles. The summed E-state index contributed by atoms with van der Waals surface area (Å²) in [7, 11) is 0. The molecule has 1 aromatic carbocycles. The maximum absolute atomic E-state index is 4.65. The van der Waals surface area contributed by atoms with Gasteiger partial charge in [0.05, 0.1) is 10.2 Å². The average molecular weight is 320 g/mol. The highest BCUT2D eigenvalue weighted by molar-refractivity contribution is 9.10. The molecule has 1 aromatic heterocycles. The Hall–Kier alpha value is -1.42. The Kier molecular flexibility index (Phi) is 4.53. The summed E-state index contributed by atoms with van der Waals surface area (Å²) in [5.74, 6) is 1.64. The van der Waals surface area contributed by atoms with Gasteiger partial charge in [-0.1, -0.05) is 30.7 Å². The molecule has 0 spiro atoms. The number of hydrogen-bond acceptors (Lipinski definition) is 3. The van der Waals surface area contributed by atoms with E-state index in [-0.39, 0.29) is 0 Å². The van der Waals surface area contributed by atoms with Crippen molar-refractivity contribution in [2.75, 3.05) is 11.9 Å². The lowest BCUT2D eigenvalue weighted by atomic mass is 10.1. The summed E-state index contributed by atoms with van der Waals surface area (Å²) in [6.07, 6.45) is 0.875. The van der Waals surface area contributed by atoms with E-state index in [4.69, 9.17) is 0 Å². The van der Waals surface area contributed by atoms with Gasteiger partial charge in [0.2, 0.25) is 0 Å². The standard InChI is InChI=1S/C15H18BrN3/c1-4-12-13(16)15(17-5-2)19-14(18-12)11-8-6-7-10(3)9-11/h6-9H,4-5H2,1-3H3,(H,17,18,19). The maximum Gasteiger partial charge on any atom is 0.161 e. The van der Waals surface area contributed by atoms with Gasteiger partial charge >= 0.3 is 0 Å². The van der Waals surface area contributed by atoms with E-state index in [1.807, 2.05) is 12.1 Å². The van der Waals surface area contributed by atoms with Gasteiger partial charge in [-0.05, 0) is 42.3 Å². The van der Waals surface area contributed by atoms with E-state index in [0.717, 1.165) is 40.3 Å². The predicted octanol–water partition coefficient (Wildman–Crippen LogP) is 4.21. The summed E-state index contributed by atoms with van der Waals surface area (Å²) < 4.78 is 0.966. The summed E-state index contributed by atoms with van der Waals surface area (Å²) >= 11 is 3.58. The number of hydrogen-bond donors (Lipinski definition) is 1. The van der Waals surface area contributed by atoms with Crippen molar-refractivity contribution in [1.29, 1.82) is 0 Å². The summed E-state index contributed by atoms with van der Waals surface area (Å²) in [5, 5.41) is 3.28. The van der Waals surface area contributed by atoms with Crippen molar-refractivity contribution < 1.29 is 0 Å². The Morgan fingerprint density at radius 2 is 2.00 bits per heavy atom. The van der Waals surface area contributed by atoms with Gasteiger partial charge in [-0.2, -0.15) is 0 Å². The number of anilines is 1. The van der Waals surface area contributed by atoms with E-state index in [2.05, 4.69) is 64.1 Å². The Balaban J connectivity index is 2.54. The number of nitrogens with zero attached hydrogens (tertiary/aromatic N) is 2. The van der Waals surface area contributed by atoms with Crippen LogP contribution in [-0.4, -0.2) is 16.5 Å². The van der Waals surface area contributed by atoms with Crippen molar-refractivity contribution in [2.45, 2.75) is 27.2 Å². The Labute approximate surface area is 122 Å². The zero-order chi connectivity index (χ0) is 13.8. The van der Waals surface area contributed by atoms with Crippen molar-refractivity contribution in [2.24, 2.45) is 0 Å². The molecule has 0 saturated carbocycles. The minimum absolute atomic E-state index is 0.778. The SMILES string of the molecule is CCNc1nc(-c2cccc(C)c2)nc(CC)c1Br. The Morgan fingerprint density at radius 3 is 2.63 bits per heavy atom. The molecule has 19 heavy (non-hydrogen) atoms. The van der Waals surface area contributed by atoms with Crippen molar-refractivity contribution in [3.63, 3.8) is 0 Å². The van der Waals surface area contributed by atoms with Crippen molar-refractivity contribution in [3.05, 3.63) is 40.0 Å². The summed E-state index contributed by atoms with van der Waals surface area (Å²) in [4.78, 5) is 9.26. The second kappa shape index (κ2) is 6.15. The molecule has 0 unspecified atom stereocenters. The van der Waals surface area contributed by atoms with Crippen LogP contribution in [0.1, 0.15) is 25.1 Å². The fraction of sp³-hybridized carbons (Fsp3) is 0.333. The molecule has 0 aliphatic rings. The minimum atomic E-state index is 0.778. The van der Waals surface area contributed by atoms with Crippen molar-refractivity contribution in [3.8, 4) is 11.4 Å². The summed E-state index contributed by atoms with van der Waals surface area (Å²) in [5.41, 5.74) is 3.30. The first kappa shape index (κ1) is 14.0. The zero-order valence-electron chi connectivity index (χ0n) is 11.5. The molecule has 0 atom stereocenters. The number of nitrogens with one attached hydrogen (secondary N) is 1. The highest BCUT2D eigenvalue weighted by Gasteiger charge is 2.11. The van der Waals surface area contributed by atoms with E-state index >= 15 is 0 Å². The largest absolute Gasteiger partial charge is 0.369 e. The lowest BCUT2D eigenvalue weighted by molar-refractivity contribution is 0.984. The Morgan fingerprint density at radius 1 is 1.21 bits per heavy atom. The van der Waals surface area contributed by atoms with Gasteiger partial charge in [0.15, 0.2) is 5.82 Å². The predicted molar refractivity (Wildman–Crippen MR) is 83.4 cm³/mol. The number of aromatic nitrogens is 2. The molecule has 0 saturated heterocycles. The molecular weight excluding hydrogens is 302 g/mol. The quantitative estimate of drug-likeness (QED) is 0.917. The van der Waals surface area contributed by atoms with E-state index in [1.54, 1.807) is 0 Å². The highest BCUT2D eigenvalue weighted by Crippen LogP contribution is 2.27. The lowest BCUT2D eigenvalue weighted by Gasteiger charge is -2.11. The molecule has 4 heteroatoms. The molecule has 0 radical (unpaired) electrons. The van der Waals surface area contributed by atoms with E-state index in [0.29, 0.717) is 0 Å². The number of aryl methyl sites for hydroxylation is 2. The third-order valence-corrected chi connectivity index (χ3v) is 3.71. The molecule has 0 amide bonds. The average Bonchev–Trinajstić information content (AvgIpc) is 2.41. The van der Waals surface area contributed by atoms with Crippen LogP contribution in [0, 0.1) is 6.92 Å². The second-order valence-electron chi connectivity index (χ2n) is 4.41. The van der Waals surface area contributed by atoms with Gasteiger partial charge in [-0.15, -0.1) is 0 Å². The molecule has 100 valence electrons. The van der Waals surface area contributed by atoms with Gasteiger partial charge in [0.25, 0.3) is 0 Å². The molecule has 0 bridgehead atoms. The first-order valence-electron chi connectivity index (χ1n) is 6.53. The smallest absolute Gasteiger partial charge is 0.161 e. The molecule has 3 nitrogen and oxygen atoms in total. The Bertz CT molecular complexity index is 582. The van der Waals surface area contributed by atoms with Crippen LogP contribution in [-0.2, 0) is 6.42 Å². The van der Waals surface area contributed by atoms with Crippen LogP contribution >= 0.6 is 15.9 Å². The van der Waals surface area contributed by atoms with Crippen molar-refractivity contribution >= 4 is 21.7 Å². The number of rotatable bonds is 4. The van der Waals surface area contributed by atoms with E-state index in [1.165, 1.54) is 5.56 Å². The first-order chi connectivity index (χ1) is 9.15. The number of halogens is 1. The fourth-order valence-corrected chi connectivity index (χ4v) is 2.52. The summed E-state index contributed by atoms with van der Waals surface area (Å²) in [6.45, 7) is 7.08. The van der Waals surface area contributed by atoms with Crippen LogP contribution in [0.15, 0.2) is 28.7 Å². The van der Waals surface area contributed by atoms with Crippen LogP contribution in [0.3, 0.4) is 0 Å². The first-order valence-corrected chi connectivity index (χ1v) is 7.32. The maximum atomic E-state index is 4.65.